The highest BCUT2D eigenvalue weighted by molar-refractivity contribution is 9.10. The van der Waals surface area contributed by atoms with Gasteiger partial charge in [-0.15, -0.1) is 0 Å². The second-order valence-electron chi connectivity index (χ2n) is 5.35. The Morgan fingerprint density at radius 2 is 2.22 bits per heavy atom. The van der Waals surface area contributed by atoms with Crippen LogP contribution in [0.5, 0.6) is 5.75 Å². The molecule has 2 rings (SSSR count). The van der Waals surface area contributed by atoms with Crippen LogP contribution in [0.15, 0.2) is 16.6 Å². The Morgan fingerprint density at radius 3 is 2.78 bits per heavy atom. The maximum absolute atomic E-state index is 5.50. The fourth-order valence-electron chi connectivity index (χ4n) is 2.65. The van der Waals surface area contributed by atoms with Crippen LogP contribution < -0.4 is 10.1 Å². The first-order valence-corrected chi connectivity index (χ1v) is 7.50. The quantitative estimate of drug-likeness (QED) is 0.911. The molecule has 1 heterocycles. The molecular formula is C15H22BrNO. The largest absolute Gasteiger partial charge is 0.495 e. The molecular weight excluding hydrogens is 290 g/mol. The zero-order valence-corrected chi connectivity index (χ0v) is 13.0. The maximum atomic E-state index is 5.50. The van der Waals surface area contributed by atoms with E-state index in [9.17, 15) is 0 Å². The lowest BCUT2D eigenvalue weighted by atomic mass is 9.96. The van der Waals surface area contributed by atoms with Crippen molar-refractivity contribution in [3.63, 3.8) is 0 Å². The van der Waals surface area contributed by atoms with E-state index in [1.165, 1.54) is 30.5 Å². The minimum absolute atomic E-state index is 0.479. The summed E-state index contributed by atoms with van der Waals surface area (Å²) in [4.78, 5) is 0. The van der Waals surface area contributed by atoms with E-state index >= 15 is 0 Å². The van der Waals surface area contributed by atoms with E-state index < -0.39 is 0 Å². The lowest BCUT2D eigenvalue weighted by Crippen LogP contribution is -2.23. The molecule has 1 fully saturated rings. The van der Waals surface area contributed by atoms with E-state index in [4.69, 9.17) is 4.74 Å². The smallest absolute Gasteiger partial charge is 0.136 e. The van der Waals surface area contributed by atoms with Gasteiger partial charge in [-0.25, -0.2) is 0 Å². The monoisotopic (exact) mass is 311 g/mol. The van der Waals surface area contributed by atoms with E-state index in [0.29, 0.717) is 12.0 Å². The first-order chi connectivity index (χ1) is 8.61. The molecule has 1 aliphatic rings. The summed E-state index contributed by atoms with van der Waals surface area (Å²) in [7, 11) is 1.74. The van der Waals surface area contributed by atoms with Crippen LogP contribution in [0, 0.1) is 0 Å². The van der Waals surface area contributed by atoms with Gasteiger partial charge >= 0.3 is 0 Å². The Balaban J connectivity index is 2.25. The molecule has 3 heteroatoms. The second kappa shape index (κ2) is 6.07. The van der Waals surface area contributed by atoms with Crippen molar-refractivity contribution < 1.29 is 4.74 Å². The number of benzene rings is 1. The Labute approximate surface area is 118 Å². The Hall–Kier alpha value is -0.540. The zero-order chi connectivity index (χ0) is 13.1. The molecule has 18 heavy (non-hydrogen) atoms. The number of ether oxygens (including phenoxy) is 1. The van der Waals surface area contributed by atoms with E-state index in [0.717, 1.165) is 16.6 Å². The number of hydrogen-bond acceptors (Lipinski definition) is 2. The van der Waals surface area contributed by atoms with Crippen molar-refractivity contribution in [3.05, 3.63) is 27.7 Å². The predicted molar refractivity (Wildman–Crippen MR) is 79.5 cm³/mol. The number of methoxy groups -OCH3 is 1. The second-order valence-corrected chi connectivity index (χ2v) is 6.21. The van der Waals surface area contributed by atoms with Crippen LogP contribution in [0.3, 0.4) is 0 Å². The van der Waals surface area contributed by atoms with E-state index in [2.05, 4.69) is 47.2 Å². The van der Waals surface area contributed by atoms with E-state index in [1.54, 1.807) is 7.11 Å². The van der Waals surface area contributed by atoms with Crippen molar-refractivity contribution in [2.24, 2.45) is 0 Å². The summed E-state index contributed by atoms with van der Waals surface area (Å²) < 4.78 is 6.57. The zero-order valence-electron chi connectivity index (χ0n) is 11.4. The molecule has 2 nitrogen and oxygen atoms in total. The summed E-state index contributed by atoms with van der Waals surface area (Å²) in [6.07, 6.45) is 3.71. The molecule has 1 atom stereocenters. The molecule has 0 aromatic heterocycles. The van der Waals surface area contributed by atoms with Gasteiger partial charge in [-0.2, -0.15) is 0 Å². The van der Waals surface area contributed by atoms with Gasteiger partial charge in [0.15, 0.2) is 0 Å². The van der Waals surface area contributed by atoms with E-state index in [-0.39, 0.29) is 0 Å². The van der Waals surface area contributed by atoms with Gasteiger partial charge in [0.05, 0.1) is 11.6 Å². The minimum Gasteiger partial charge on any atom is -0.495 e. The SMILES string of the molecule is COc1c(Br)cc(CC2CCCN2)cc1C(C)C. The summed E-state index contributed by atoms with van der Waals surface area (Å²) in [5, 5.41) is 3.56. The lowest BCUT2D eigenvalue weighted by Gasteiger charge is -2.17. The van der Waals surface area contributed by atoms with Crippen molar-refractivity contribution in [1.82, 2.24) is 5.32 Å². The van der Waals surface area contributed by atoms with Gasteiger partial charge in [-0.05, 0) is 64.8 Å². The van der Waals surface area contributed by atoms with Gasteiger partial charge in [0.25, 0.3) is 0 Å². The van der Waals surface area contributed by atoms with Crippen molar-refractivity contribution in [1.29, 1.82) is 0 Å². The number of nitrogens with one attached hydrogen (secondary N) is 1. The van der Waals surface area contributed by atoms with Crippen molar-refractivity contribution in [3.8, 4) is 5.75 Å². The Morgan fingerprint density at radius 1 is 1.44 bits per heavy atom. The minimum atomic E-state index is 0.479. The molecule has 1 aliphatic heterocycles. The van der Waals surface area contributed by atoms with Crippen LogP contribution in [-0.4, -0.2) is 19.7 Å². The number of hydrogen-bond donors (Lipinski definition) is 1. The van der Waals surface area contributed by atoms with Crippen molar-refractivity contribution >= 4 is 15.9 Å². The van der Waals surface area contributed by atoms with Gasteiger partial charge < -0.3 is 10.1 Å². The van der Waals surface area contributed by atoms with Crippen LogP contribution in [-0.2, 0) is 6.42 Å². The van der Waals surface area contributed by atoms with Gasteiger partial charge in [0.1, 0.15) is 5.75 Å². The van der Waals surface area contributed by atoms with Crippen LogP contribution in [0.4, 0.5) is 0 Å². The molecule has 1 aromatic carbocycles. The topological polar surface area (TPSA) is 21.3 Å². The molecule has 0 radical (unpaired) electrons. The molecule has 0 spiro atoms. The van der Waals surface area contributed by atoms with Crippen molar-refractivity contribution in [2.75, 3.05) is 13.7 Å². The molecule has 1 unspecified atom stereocenters. The van der Waals surface area contributed by atoms with Crippen LogP contribution in [0.1, 0.15) is 43.7 Å². The van der Waals surface area contributed by atoms with Gasteiger partial charge in [-0.3, -0.25) is 0 Å². The number of rotatable bonds is 4. The first kappa shape index (κ1) is 13.9. The summed E-state index contributed by atoms with van der Waals surface area (Å²) in [5.41, 5.74) is 2.69. The highest BCUT2D eigenvalue weighted by Gasteiger charge is 2.17. The molecule has 1 saturated heterocycles. The third-order valence-electron chi connectivity index (χ3n) is 3.60. The van der Waals surface area contributed by atoms with Crippen LogP contribution in [0.25, 0.3) is 0 Å². The molecule has 100 valence electrons. The Kier molecular flexibility index (Phi) is 4.68. The highest BCUT2D eigenvalue weighted by Crippen LogP contribution is 2.35. The number of halogens is 1. The summed E-state index contributed by atoms with van der Waals surface area (Å²) >= 11 is 3.63. The van der Waals surface area contributed by atoms with Gasteiger partial charge in [0, 0.05) is 6.04 Å². The third-order valence-corrected chi connectivity index (χ3v) is 4.19. The van der Waals surface area contributed by atoms with Crippen molar-refractivity contribution in [2.45, 2.75) is 45.1 Å². The standard InChI is InChI=1S/C15H22BrNO/c1-10(2)13-8-11(7-12-5-4-6-17-12)9-14(16)15(13)18-3/h8-10,12,17H,4-7H2,1-3H3. The van der Waals surface area contributed by atoms with Gasteiger partial charge in [0.2, 0.25) is 0 Å². The third kappa shape index (κ3) is 3.07. The molecule has 1 N–H and O–H groups in total. The molecule has 0 saturated carbocycles. The van der Waals surface area contributed by atoms with Gasteiger partial charge in [-0.1, -0.05) is 19.9 Å². The summed E-state index contributed by atoms with van der Waals surface area (Å²) in [6.45, 7) is 5.59. The average Bonchev–Trinajstić information content (AvgIpc) is 2.81. The molecule has 0 bridgehead atoms. The van der Waals surface area contributed by atoms with Crippen LogP contribution in [0.2, 0.25) is 0 Å². The maximum Gasteiger partial charge on any atom is 0.136 e. The van der Waals surface area contributed by atoms with Crippen LogP contribution >= 0.6 is 15.9 Å². The summed E-state index contributed by atoms with van der Waals surface area (Å²) in [5.74, 6) is 1.46. The normalized spacial score (nSPS) is 19.5. The fraction of sp³-hybridized carbons (Fsp3) is 0.600. The Bertz CT molecular complexity index is 411. The lowest BCUT2D eigenvalue weighted by molar-refractivity contribution is 0.404. The molecule has 0 amide bonds. The molecule has 1 aromatic rings. The average molecular weight is 312 g/mol. The highest BCUT2D eigenvalue weighted by atomic mass is 79.9. The summed E-state index contributed by atoms with van der Waals surface area (Å²) in [6, 6.07) is 5.14. The molecule has 0 aliphatic carbocycles. The fourth-order valence-corrected chi connectivity index (χ4v) is 3.34. The first-order valence-electron chi connectivity index (χ1n) is 6.71. The van der Waals surface area contributed by atoms with E-state index in [1.807, 2.05) is 0 Å². The predicted octanol–water partition coefficient (Wildman–Crippen LogP) is 3.88.